The summed E-state index contributed by atoms with van der Waals surface area (Å²) < 4.78 is 20.0. The number of halogens is 1. The maximum atomic E-state index is 13.2. The second kappa shape index (κ2) is 6.53. The monoisotopic (exact) mass is 374 g/mol. The van der Waals surface area contributed by atoms with Gasteiger partial charge in [-0.25, -0.2) is 4.39 Å². The van der Waals surface area contributed by atoms with Gasteiger partial charge in [0.25, 0.3) is 0 Å². The van der Waals surface area contributed by atoms with Gasteiger partial charge < -0.3 is 4.74 Å². The van der Waals surface area contributed by atoms with Gasteiger partial charge >= 0.3 is 0 Å². The van der Waals surface area contributed by atoms with Gasteiger partial charge in [0.1, 0.15) is 5.82 Å². The lowest BCUT2D eigenvalue weighted by atomic mass is 9.62. The Morgan fingerprint density at radius 1 is 0.926 bits per heavy atom. The lowest BCUT2D eigenvalue weighted by molar-refractivity contribution is -0.380. The zero-order valence-electron chi connectivity index (χ0n) is 16.5. The molecule has 27 heavy (non-hydrogen) atoms. The Morgan fingerprint density at radius 3 is 2.41 bits per heavy atom. The van der Waals surface area contributed by atoms with Gasteiger partial charge in [-0.3, -0.25) is 0 Å². The molecule has 1 heterocycles. The van der Waals surface area contributed by atoms with Crippen molar-refractivity contribution in [2.24, 2.45) is 23.7 Å². The molecule has 2 spiro atoms. The molecular weight excluding hydrogens is 343 g/mol. The Labute approximate surface area is 161 Å². The molecule has 5 unspecified atom stereocenters. The molecule has 4 aliphatic rings. The normalized spacial score (nSPS) is 46.9. The van der Waals surface area contributed by atoms with Gasteiger partial charge in [0, 0.05) is 24.7 Å². The molecule has 4 fully saturated rings. The minimum Gasteiger partial charge on any atom is -0.312 e. The number of ether oxygens (including phenoxy) is 1. The first-order valence-electron chi connectivity index (χ1n) is 10.8. The molecule has 1 aliphatic heterocycles. The Hall–Kier alpha value is -0.970. The number of benzene rings is 1. The SMILES string of the molecule is CC1CC2CC(C)C3(OOC4(CCC(c5ccc(F)cc5)CC4)O3)C(C1)C2. The average molecular weight is 374 g/mol. The minimum atomic E-state index is -0.585. The lowest BCUT2D eigenvalue weighted by Gasteiger charge is -2.50. The van der Waals surface area contributed by atoms with Crippen molar-refractivity contribution < 1.29 is 18.9 Å². The fourth-order valence-electron chi connectivity index (χ4n) is 6.44. The summed E-state index contributed by atoms with van der Waals surface area (Å²) in [5.41, 5.74) is 1.22. The summed E-state index contributed by atoms with van der Waals surface area (Å²) in [4.78, 5) is 12.1. The summed E-state index contributed by atoms with van der Waals surface area (Å²) in [6.07, 6.45) is 8.59. The molecule has 1 aromatic rings. The molecule has 3 saturated carbocycles. The molecule has 5 rings (SSSR count). The molecule has 0 N–H and O–H groups in total. The predicted molar refractivity (Wildman–Crippen MR) is 100 cm³/mol. The van der Waals surface area contributed by atoms with E-state index < -0.39 is 11.6 Å². The van der Waals surface area contributed by atoms with E-state index in [1.54, 1.807) is 12.1 Å². The van der Waals surface area contributed by atoms with Gasteiger partial charge in [0.15, 0.2) is 0 Å². The van der Waals surface area contributed by atoms with Crippen LogP contribution in [0.5, 0.6) is 0 Å². The van der Waals surface area contributed by atoms with E-state index in [1.165, 1.54) is 31.2 Å². The molecule has 1 saturated heterocycles. The molecule has 1 aromatic carbocycles. The van der Waals surface area contributed by atoms with Crippen LogP contribution in [0.4, 0.5) is 4.39 Å². The molecule has 5 atom stereocenters. The average Bonchev–Trinajstić information content (AvgIpc) is 3.02. The van der Waals surface area contributed by atoms with E-state index >= 15 is 0 Å². The first-order valence-corrected chi connectivity index (χ1v) is 10.8. The Bertz CT molecular complexity index is 677. The number of rotatable bonds is 1. The van der Waals surface area contributed by atoms with E-state index in [2.05, 4.69) is 13.8 Å². The van der Waals surface area contributed by atoms with Crippen molar-refractivity contribution in [2.45, 2.75) is 82.7 Å². The van der Waals surface area contributed by atoms with Crippen molar-refractivity contribution >= 4 is 0 Å². The summed E-state index contributed by atoms with van der Waals surface area (Å²) in [6, 6.07) is 6.95. The van der Waals surface area contributed by atoms with Crippen LogP contribution in [-0.2, 0) is 14.5 Å². The van der Waals surface area contributed by atoms with E-state index in [0.29, 0.717) is 17.8 Å². The molecule has 0 amide bonds. The summed E-state index contributed by atoms with van der Waals surface area (Å²) >= 11 is 0. The molecule has 2 bridgehead atoms. The van der Waals surface area contributed by atoms with E-state index in [4.69, 9.17) is 14.5 Å². The van der Waals surface area contributed by atoms with Crippen molar-refractivity contribution in [3.8, 4) is 0 Å². The van der Waals surface area contributed by atoms with Crippen LogP contribution >= 0.6 is 0 Å². The van der Waals surface area contributed by atoms with Crippen LogP contribution in [0, 0.1) is 29.5 Å². The second-order valence-corrected chi connectivity index (χ2v) is 9.74. The van der Waals surface area contributed by atoms with Gasteiger partial charge in [-0.05, 0) is 74.0 Å². The number of fused-ring (bicyclic) bond motifs is 3. The first kappa shape index (κ1) is 18.1. The maximum absolute atomic E-state index is 13.2. The van der Waals surface area contributed by atoms with Crippen LogP contribution in [0.15, 0.2) is 24.3 Å². The minimum absolute atomic E-state index is 0.171. The third-order valence-electron chi connectivity index (χ3n) is 7.74. The van der Waals surface area contributed by atoms with Gasteiger partial charge in [-0.15, -0.1) is 0 Å². The standard InChI is InChI=1S/C23H31FO3/c1-15-11-17-13-16(2)23(20(12-15)14-17)25-22(26-27-23)9-7-19(8-10-22)18-3-5-21(24)6-4-18/h3-6,15-17,19-20H,7-14H2,1-2H3. The van der Waals surface area contributed by atoms with Crippen molar-refractivity contribution in [3.05, 3.63) is 35.6 Å². The van der Waals surface area contributed by atoms with Gasteiger partial charge in [0.2, 0.25) is 11.6 Å². The van der Waals surface area contributed by atoms with Crippen LogP contribution < -0.4 is 0 Å². The Morgan fingerprint density at radius 2 is 1.67 bits per heavy atom. The highest BCUT2D eigenvalue weighted by Crippen LogP contribution is 2.58. The first-order chi connectivity index (χ1) is 13.0. The van der Waals surface area contributed by atoms with E-state index in [-0.39, 0.29) is 5.82 Å². The van der Waals surface area contributed by atoms with Gasteiger partial charge in [0.05, 0.1) is 0 Å². The summed E-state index contributed by atoms with van der Waals surface area (Å²) in [6.45, 7) is 4.64. The van der Waals surface area contributed by atoms with Crippen LogP contribution in [0.3, 0.4) is 0 Å². The predicted octanol–water partition coefficient (Wildman–Crippen LogP) is 5.95. The highest BCUT2D eigenvalue weighted by atomic mass is 19.1. The van der Waals surface area contributed by atoms with Crippen molar-refractivity contribution in [1.82, 2.24) is 0 Å². The third kappa shape index (κ3) is 3.04. The second-order valence-electron chi connectivity index (χ2n) is 9.74. The maximum Gasteiger partial charge on any atom is 0.210 e. The van der Waals surface area contributed by atoms with E-state index in [0.717, 1.165) is 37.5 Å². The Kier molecular flexibility index (Phi) is 4.38. The highest BCUT2D eigenvalue weighted by Gasteiger charge is 2.62. The smallest absolute Gasteiger partial charge is 0.210 e. The van der Waals surface area contributed by atoms with Crippen LogP contribution in [-0.4, -0.2) is 11.6 Å². The van der Waals surface area contributed by atoms with Crippen LogP contribution in [0.1, 0.15) is 76.7 Å². The summed E-state index contributed by atoms with van der Waals surface area (Å²) in [5, 5.41) is 0. The van der Waals surface area contributed by atoms with E-state index in [9.17, 15) is 4.39 Å². The molecular formula is C23H31FO3. The third-order valence-corrected chi connectivity index (χ3v) is 7.74. The summed E-state index contributed by atoms with van der Waals surface area (Å²) in [5.74, 6) is 1.53. The summed E-state index contributed by atoms with van der Waals surface area (Å²) in [7, 11) is 0. The van der Waals surface area contributed by atoms with Crippen molar-refractivity contribution in [2.75, 3.05) is 0 Å². The molecule has 3 nitrogen and oxygen atoms in total. The molecule has 0 radical (unpaired) electrons. The molecule has 3 aliphatic carbocycles. The molecule has 148 valence electrons. The molecule has 0 aromatic heterocycles. The lowest BCUT2D eigenvalue weighted by Crippen LogP contribution is -2.54. The van der Waals surface area contributed by atoms with E-state index in [1.807, 2.05) is 12.1 Å². The van der Waals surface area contributed by atoms with Crippen molar-refractivity contribution in [1.29, 1.82) is 0 Å². The largest absolute Gasteiger partial charge is 0.312 e. The zero-order valence-corrected chi connectivity index (χ0v) is 16.5. The fourth-order valence-corrected chi connectivity index (χ4v) is 6.44. The van der Waals surface area contributed by atoms with Crippen molar-refractivity contribution in [3.63, 3.8) is 0 Å². The van der Waals surface area contributed by atoms with Gasteiger partial charge in [-0.1, -0.05) is 26.0 Å². The Balaban J connectivity index is 1.30. The topological polar surface area (TPSA) is 27.7 Å². The quantitative estimate of drug-likeness (QED) is 0.569. The number of hydrogen-bond donors (Lipinski definition) is 0. The highest BCUT2D eigenvalue weighted by molar-refractivity contribution is 5.21. The zero-order chi connectivity index (χ0) is 18.6. The fraction of sp³-hybridized carbons (Fsp3) is 0.739. The molecule has 4 heteroatoms. The van der Waals surface area contributed by atoms with Crippen LogP contribution in [0.25, 0.3) is 0 Å². The van der Waals surface area contributed by atoms with Gasteiger partial charge in [-0.2, -0.15) is 9.78 Å². The number of hydrogen-bond acceptors (Lipinski definition) is 3. The van der Waals surface area contributed by atoms with Crippen LogP contribution in [0.2, 0.25) is 0 Å².